The number of hydrogen-bond donors (Lipinski definition) is 0. The number of nitrogens with zero attached hydrogens (tertiary/aromatic N) is 1. The first-order valence-electron chi connectivity index (χ1n) is 10.4. The molecule has 2 aliphatic rings. The molecule has 1 heterocycles. The maximum Gasteiger partial charge on any atom is 0.326 e. The fourth-order valence-electron chi connectivity index (χ4n) is 4.28. The van der Waals surface area contributed by atoms with Gasteiger partial charge >= 0.3 is 5.97 Å². The van der Waals surface area contributed by atoms with Gasteiger partial charge in [0.25, 0.3) is 5.91 Å². The van der Waals surface area contributed by atoms with Crippen molar-refractivity contribution in [2.75, 3.05) is 13.2 Å². The van der Waals surface area contributed by atoms with Crippen LogP contribution in [0.5, 0.6) is 0 Å². The molecule has 2 aromatic rings. The molecule has 0 N–H and O–H groups in total. The molecular formula is C25H25NO4. The van der Waals surface area contributed by atoms with Gasteiger partial charge in [0.05, 0.1) is 0 Å². The van der Waals surface area contributed by atoms with Gasteiger partial charge in [-0.1, -0.05) is 68.3 Å². The van der Waals surface area contributed by atoms with Crippen LogP contribution in [-0.2, 0) is 9.53 Å². The van der Waals surface area contributed by atoms with Crippen molar-refractivity contribution < 1.29 is 19.1 Å². The van der Waals surface area contributed by atoms with Gasteiger partial charge in [-0.05, 0) is 30.4 Å². The van der Waals surface area contributed by atoms with Gasteiger partial charge in [0.15, 0.2) is 12.4 Å². The minimum Gasteiger partial charge on any atom is -0.456 e. The second kappa shape index (κ2) is 8.66. The minimum absolute atomic E-state index is 0.256. The SMILES string of the molecule is C=C1c2ccccc2C(=O)N1CC(=O)OCC(=O)c1ccc(C2CCCCC2)cc1. The highest BCUT2D eigenvalue weighted by Gasteiger charge is 2.32. The van der Waals surface area contributed by atoms with E-state index in [1.807, 2.05) is 30.3 Å². The average molecular weight is 403 g/mol. The first-order valence-corrected chi connectivity index (χ1v) is 10.4. The van der Waals surface area contributed by atoms with Gasteiger partial charge in [0.1, 0.15) is 6.54 Å². The number of carbonyl (C=O) groups excluding carboxylic acids is 3. The molecule has 0 saturated heterocycles. The van der Waals surface area contributed by atoms with E-state index in [9.17, 15) is 14.4 Å². The lowest BCUT2D eigenvalue weighted by molar-refractivity contribution is -0.142. The quantitative estimate of drug-likeness (QED) is 0.523. The Labute approximate surface area is 176 Å². The summed E-state index contributed by atoms with van der Waals surface area (Å²) in [5.41, 5.74) is 3.50. The smallest absolute Gasteiger partial charge is 0.326 e. The highest BCUT2D eigenvalue weighted by Crippen LogP contribution is 2.33. The molecule has 30 heavy (non-hydrogen) atoms. The number of hydrogen-bond acceptors (Lipinski definition) is 4. The predicted octanol–water partition coefficient (Wildman–Crippen LogP) is 4.59. The van der Waals surface area contributed by atoms with E-state index in [2.05, 4.69) is 6.58 Å². The third-order valence-electron chi connectivity index (χ3n) is 6.00. The third kappa shape index (κ3) is 4.06. The number of benzene rings is 2. The van der Waals surface area contributed by atoms with E-state index in [0.717, 1.165) is 0 Å². The minimum atomic E-state index is -0.635. The highest BCUT2D eigenvalue weighted by molar-refractivity contribution is 6.10. The Morgan fingerprint density at radius 3 is 2.30 bits per heavy atom. The topological polar surface area (TPSA) is 63.7 Å². The van der Waals surface area contributed by atoms with E-state index >= 15 is 0 Å². The molecule has 1 amide bonds. The monoisotopic (exact) mass is 403 g/mol. The molecule has 5 nitrogen and oxygen atoms in total. The molecule has 2 aromatic carbocycles. The van der Waals surface area contributed by atoms with Crippen molar-refractivity contribution in [1.82, 2.24) is 4.90 Å². The molecule has 0 atom stereocenters. The average Bonchev–Trinajstić information content (AvgIpc) is 3.03. The lowest BCUT2D eigenvalue weighted by Gasteiger charge is -2.22. The van der Waals surface area contributed by atoms with Gasteiger partial charge in [-0.25, -0.2) is 0 Å². The first-order chi connectivity index (χ1) is 14.5. The zero-order chi connectivity index (χ0) is 21.1. The van der Waals surface area contributed by atoms with Crippen LogP contribution in [0.4, 0.5) is 0 Å². The van der Waals surface area contributed by atoms with Crippen LogP contribution in [0.15, 0.2) is 55.1 Å². The van der Waals surface area contributed by atoms with Crippen LogP contribution < -0.4 is 0 Å². The summed E-state index contributed by atoms with van der Waals surface area (Å²) >= 11 is 0. The number of esters is 1. The fraction of sp³-hybridized carbons (Fsp3) is 0.320. The Balaban J connectivity index is 1.30. The zero-order valence-corrected chi connectivity index (χ0v) is 16.9. The molecule has 4 rings (SSSR count). The Hall–Kier alpha value is -3.21. The summed E-state index contributed by atoms with van der Waals surface area (Å²) in [7, 11) is 0. The summed E-state index contributed by atoms with van der Waals surface area (Å²) < 4.78 is 5.14. The molecule has 0 aromatic heterocycles. The molecule has 0 unspecified atom stereocenters. The van der Waals surface area contributed by atoms with E-state index in [4.69, 9.17) is 4.74 Å². The summed E-state index contributed by atoms with van der Waals surface area (Å²) in [5.74, 6) is -0.592. The first kappa shape index (κ1) is 20.1. The summed E-state index contributed by atoms with van der Waals surface area (Å²) in [5, 5.41) is 0. The molecule has 0 spiro atoms. The van der Waals surface area contributed by atoms with Crippen LogP contribution in [0.1, 0.15) is 69.9 Å². The molecule has 1 saturated carbocycles. The van der Waals surface area contributed by atoms with E-state index in [1.54, 1.807) is 18.2 Å². The van der Waals surface area contributed by atoms with Crippen LogP contribution in [-0.4, -0.2) is 35.7 Å². The van der Waals surface area contributed by atoms with E-state index in [0.29, 0.717) is 28.3 Å². The molecule has 1 aliphatic heterocycles. The highest BCUT2D eigenvalue weighted by atomic mass is 16.5. The maximum atomic E-state index is 12.5. The normalized spacial score (nSPS) is 16.5. The van der Waals surface area contributed by atoms with Crippen LogP contribution in [0.25, 0.3) is 5.70 Å². The standard InChI is InChI=1S/C25H25NO4/c1-17-21-9-5-6-10-22(21)25(29)26(17)15-24(28)30-16-23(27)20-13-11-19(12-14-20)18-7-3-2-4-8-18/h5-6,9-14,18H,1-4,7-8,15-16H2. The third-order valence-corrected chi connectivity index (χ3v) is 6.00. The molecular weight excluding hydrogens is 378 g/mol. The molecule has 1 fully saturated rings. The van der Waals surface area contributed by atoms with Crippen molar-refractivity contribution in [3.8, 4) is 0 Å². The van der Waals surface area contributed by atoms with E-state index in [1.165, 1.54) is 42.6 Å². The van der Waals surface area contributed by atoms with Crippen molar-refractivity contribution in [1.29, 1.82) is 0 Å². The van der Waals surface area contributed by atoms with Crippen molar-refractivity contribution in [3.05, 3.63) is 77.4 Å². The van der Waals surface area contributed by atoms with E-state index < -0.39 is 5.97 Å². The number of rotatable bonds is 6. The zero-order valence-electron chi connectivity index (χ0n) is 16.9. The second-order valence-corrected chi connectivity index (χ2v) is 7.92. The van der Waals surface area contributed by atoms with Gasteiger partial charge in [0.2, 0.25) is 0 Å². The summed E-state index contributed by atoms with van der Waals surface area (Å²) in [4.78, 5) is 38.4. The molecule has 0 radical (unpaired) electrons. The summed E-state index contributed by atoms with van der Waals surface area (Å²) in [6, 6.07) is 14.7. The fourth-order valence-corrected chi connectivity index (χ4v) is 4.28. The largest absolute Gasteiger partial charge is 0.456 e. The van der Waals surface area contributed by atoms with Crippen molar-refractivity contribution >= 4 is 23.4 Å². The predicted molar refractivity (Wildman–Crippen MR) is 114 cm³/mol. The Morgan fingerprint density at radius 1 is 0.967 bits per heavy atom. The lowest BCUT2D eigenvalue weighted by Crippen LogP contribution is -2.31. The van der Waals surface area contributed by atoms with Gasteiger partial charge < -0.3 is 4.74 Å². The van der Waals surface area contributed by atoms with Crippen LogP contribution in [0.2, 0.25) is 0 Å². The number of fused-ring (bicyclic) bond motifs is 1. The summed E-state index contributed by atoms with van der Waals surface area (Å²) in [6.45, 7) is 3.29. The molecule has 0 bridgehead atoms. The lowest BCUT2D eigenvalue weighted by atomic mass is 9.84. The van der Waals surface area contributed by atoms with Crippen LogP contribution >= 0.6 is 0 Å². The van der Waals surface area contributed by atoms with Crippen LogP contribution in [0, 0.1) is 0 Å². The number of ether oxygens (including phenoxy) is 1. The number of amides is 1. The molecule has 5 heteroatoms. The van der Waals surface area contributed by atoms with Gasteiger partial charge in [-0.2, -0.15) is 0 Å². The van der Waals surface area contributed by atoms with Gasteiger partial charge in [0, 0.05) is 22.4 Å². The molecule has 154 valence electrons. The van der Waals surface area contributed by atoms with Crippen molar-refractivity contribution in [3.63, 3.8) is 0 Å². The Morgan fingerprint density at radius 2 is 1.63 bits per heavy atom. The van der Waals surface area contributed by atoms with Crippen molar-refractivity contribution in [2.24, 2.45) is 0 Å². The number of ketones is 1. The number of carbonyl (C=O) groups is 3. The van der Waals surface area contributed by atoms with Gasteiger partial charge in [-0.3, -0.25) is 19.3 Å². The maximum absolute atomic E-state index is 12.5. The molecule has 1 aliphatic carbocycles. The Bertz CT molecular complexity index is 951. The summed E-state index contributed by atoms with van der Waals surface area (Å²) in [6.07, 6.45) is 6.24. The number of Topliss-reactive ketones (excluding diaryl/α,β-unsaturated/α-hetero) is 1. The Kier molecular flexibility index (Phi) is 5.79. The van der Waals surface area contributed by atoms with Crippen molar-refractivity contribution in [2.45, 2.75) is 38.0 Å². The van der Waals surface area contributed by atoms with E-state index in [-0.39, 0.29) is 24.8 Å². The van der Waals surface area contributed by atoms with Gasteiger partial charge in [-0.15, -0.1) is 0 Å². The second-order valence-electron chi connectivity index (χ2n) is 7.92. The van der Waals surface area contributed by atoms with Crippen LogP contribution in [0.3, 0.4) is 0 Å².